The molecule has 0 aromatic heterocycles. The molecule has 2 rings (SSSR count). The lowest BCUT2D eigenvalue weighted by Gasteiger charge is -2.24. The quantitative estimate of drug-likeness (QED) is 0.775. The maximum Gasteiger partial charge on any atom is 0.332 e. The van der Waals surface area contributed by atoms with Gasteiger partial charge in [0.2, 0.25) is 0 Å². The van der Waals surface area contributed by atoms with Crippen LogP contribution in [0.2, 0.25) is 0 Å². The third-order valence-corrected chi connectivity index (χ3v) is 3.42. The summed E-state index contributed by atoms with van der Waals surface area (Å²) in [5.74, 6) is -1.14. The minimum absolute atomic E-state index is 0.0747. The molecule has 1 aromatic rings. The summed E-state index contributed by atoms with van der Waals surface area (Å²) in [5.41, 5.74) is 0.00219. The molecule has 1 atom stereocenters. The fraction of sp³-hybridized carbons (Fsp3) is 0.357. The maximum absolute atomic E-state index is 12.0. The number of amides is 2. The Morgan fingerprint density at radius 2 is 2.24 bits per heavy atom. The van der Waals surface area contributed by atoms with Gasteiger partial charge in [0.1, 0.15) is 6.07 Å². The van der Waals surface area contributed by atoms with Crippen LogP contribution in [0.4, 0.5) is 10.5 Å². The van der Waals surface area contributed by atoms with Crippen molar-refractivity contribution in [3.8, 4) is 6.07 Å². The number of aliphatic carboxylic acids is 1. The second kappa shape index (κ2) is 5.81. The molecule has 0 radical (unpaired) electrons. The zero-order chi connectivity index (χ0) is 15.5. The first kappa shape index (κ1) is 14.8. The highest BCUT2D eigenvalue weighted by Gasteiger charge is 2.44. The Hall–Kier alpha value is -2.59. The molecule has 7 nitrogen and oxygen atoms in total. The van der Waals surface area contributed by atoms with Crippen molar-refractivity contribution in [2.75, 3.05) is 18.5 Å². The van der Waals surface area contributed by atoms with E-state index in [0.717, 1.165) is 5.56 Å². The third-order valence-electron chi connectivity index (χ3n) is 3.42. The van der Waals surface area contributed by atoms with Crippen LogP contribution in [0.1, 0.15) is 17.5 Å². The Bertz CT molecular complexity index is 615. The number of carbonyl (C=O) groups is 2. The number of rotatable bonds is 3. The smallest absolute Gasteiger partial charge is 0.332 e. The molecule has 0 bridgehead atoms. The van der Waals surface area contributed by atoms with Crippen molar-refractivity contribution in [2.24, 2.45) is 0 Å². The molecule has 1 aliphatic heterocycles. The molecule has 110 valence electrons. The first-order chi connectivity index (χ1) is 9.98. The molecule has 7 heteroatoms. The summed E-state index contributed by atoms with van der Waals surface area (Å²) < 4.78 is 5.06. The molecule has 1 heterocycles. The minimum atomic E-state index is -1.42. The molecule has 1 fully saturated rings. The zero-order valence-electron chi connectivity index (χ0n) is 11.5. The maximum atomic E-state index is 12.0. The topological polar surface area (TPSA) is 111 Å². The van der Waals surface area contributed by atoms with E-state index < -0.39 is 17.5 Å². The van der Waals surface area contributed by atoms with Crippen molar-refractivity contribution >= 4 is 17.7 Å². The predicted molar refractivity (Wildman–Crippen MR) is 73.9 cm³/mol. The molecule has 1 aliphatic rings. The van der Waals surface area contributed by atoms with E-state index in [4.69, 9.17) is 10.00 Å². The van der Waals surface area contributed by atoms with Crippen molar-refractivity contribution < 1.29 is 19.4 Å². The second-order valence-electron chi connectivity index (χ2n) is 4.88. The number of anilines is 1. The van der Waals surface area contributed by atoms with Gasteiger partial charge in [-0.25, -0.2) is 9.59 Å². The molecular weight excluding hydrogens is 274 g/mol. The van der Waals surface area contributed by atoms with Crippen LogP contribution in [0, 0.1) is 18.3 Å². The summed E-state index contributed by atoms with van der Waals surface area (Å²) in [7, 11) is 0. The Morgan fingerprint density at radius 3 is 2.81 bits per heavy atom. The Morgan fingerprint density at radius 1 is 1.48 bits per heavy atom. The molecule has 0 aliphatic carbocycles. The van der Waals surface area contributed by atoms with Gasteiger partial charge >= 0.3 is 12.0 Å². The first-order valence-corrected chi connectivity index (χ1v) is 6.38. The third kappa shape index (κ3) is 2.95. The van der Waals surface area contributed by atoms with Crippen LogP contribution in [0.15, 0.2) is 18.2 Å². The lowest BCUT2D eigenvalue weighted by atomic mass is 9.99. The highest BCUT2D eigenvalue weighted by Crippen LogP contribution is 2.21. The van der Waals surface area contributed by atoms with Crippen molar-refractivity contribution in [1.82, 2.24) is 5.32 Å². The lowest BCUT2D eigenvalue weighted by Crippen LogP contribution is -2.56. The zero-order valence-corrected chi connectivity index (χ0v) is 11.5. The van der Waals surface area contributed by atoms with E-state index in [1.165, 1.54) is 0 Å². The monoisotopic (exact) mass is 289 g/mol. The SMILES string of the molecule is Cc1cccc(NC(=O)NC2(C(=O)O)CCOC2)c1C#N. The van der Waals surface area contributed by atoms with Gasteiger partial charge in [0.05, 0.1) is 17.9 Å². The standard InChI is InChI=1S/C14H15N3O4/c1-9-3-2-4-11(10(9)7-15)16-13(20)17-14(12(18)19)5-6-21-8-14/h2-4H,5-6,8H2,1H3,(H,18,19)(H2,16,17,20). The highest BCUT2D eigenvalue weighted by molar-refractivity contribution is 5.95. The number of carboxylic acids is 1. The van der Waals surface area contributed by atoms with Crippen LogP contribution < -0.4 is 10.6 Å². The highest BCUT2D eigenvalue weighted by atomic mass is 16.5. The average Bonchev–Trinajstić information content (AvgIpc) is 2.88. The number of aryl methyl sites for hydroxylation is 1. The van der Waals surface area contributed by atoms with Crippen molar-refractivity contribution in [3.05, 3.63) is 29.3 Å². The van der Waals surface area contributed by atoms with Crippen molar-refractivity contribution in [1.29, 1.82) is 5.26 Å². The number of nitrogens with one attached hydrogen (secondary N) is 2. The van der Waals surface area contributed by atoms with E-state index in [1.807, 2.05) is 6.07 Å². The van der Waals surface area contributed by atoms with E-state index in [2.05, 4.69) is 10.6 Å². The summed E-state index contributed by atoms with van der Waals surface area (Å²) in [4.78, 5) is 23.3. The van der Waals surface area contributed by atoms with Crippen LogP contribution in [0.3, 0.4) is 0 Å². The molecule has 21 heavy (non-hydrogen) atoms. The Labute approximate surface area is 121 Å². The molecule has 1 aromatic carbocycles. The Balaban J connectivity index is 2.14. The first-order valence-electron chi connectivity index (χ1n) is 6.38. The van der Waals surface area contributed by atoms with Gasteiger partial charge in [0, 0.05) is 13.0 Å². The number of hydrogen-bond acceptors (Lipinski definition) is 4. The van der Waals surface area contributed by atoms with E-state index in [9.17, 15) is 14.7 Å². The summed E-state index contributed by atoms with van der Waals surface area (Å²) in [6.45, 7) is 1.96. The van der Waals surface area contributed by atoms with Gasteiger partial charge in [-0.15, -0.1) is 0 Å². The fourth-order valence-corrected chi connectivity index (χ4v) is 2.18. The van der Waals surface area contributed by atoms with Crippen molar-refractivity contribution in [2.45, 2.75) is 18.9 Å². The lowest BCUT2D eigenvalue weighted by molar-refractivity contribution is -0.144. The van der Waals surface area contributed by atoms with E-state index >= 15 is 0 Å². The normalized spacial score (nSPS) is 20.6. The fourth-order valence-electron chi connectivity index (χ4n) is 2.18. The van der Waals surface area contributed by atoms with E-state index in [1.54, 1.807) is 25.1 Å². The van der Waals surface area contributed by atoms with Gasteiger partial charge in [-0.3, -0.25) is 0 Å². The van der Waals surface area contributed by atoms with Crippen molar-refractivity contribution in [3.63, 3.8) is 0 Å². The summed E-state index contributed by atoms with van der Waals surface area (Å²) in [6.07, 6.45) is 0.203. The van der Waals surface area contributed by atoms with Crippen LogP contribution in [-0.4, -0.2) is 35.9 Å². The van der Waals surface area contributed by atoms with E-state index in [-0.39, 0.29) is 19.6 Å². The number of benzene rings is 1. The number of hydrogen-bond donors (Lipinski definition) is 3. The van der Waals surface area contributed by atoms with Gasteiger partial charge in [-0.1, -0.05) is 12.1 Å². The number of urea groups is 1. The molecule has 1 saturated heterocycles. The van der Waals surface area contributed by atoms with Gasteiger partial charge in [-0.2, -0.15) is 5.26 Å². The van der Waals surface area contributed by atoms with Gasteiger partial charge in [0.15, 0.2) is 5.54 Å². The number of nitriles is 1. The largest absolute Gasteiger partial charge is 0.479 e. The summed E-state index contributed by atoms with van der Waals surface area (Å²) >= 11 is 0. The van der Waals surface area contributed by atoms with Gasteiger partial charge in [0.25, 0.3) is 0 Å². The second-order valence-corrected chi connectivity index (χ2v) is 4.88. The van der Waals surface area contributed by atoms with E-state index in [0.29, 0.717) is 11.3 Å². The van der Waals surface area contributed by atoms with Gasteiger partial charge < -0.3 is 20.5 Å². The Kier molecular flexibility index (Phi) is 4.10. The number of carbonyl (C=O) groups excluding carboxylic acids is 1. The minimum Gasteiger partial charge on any atom is -0.479 e. The van der Waals surface area contributed by atoms with Gasteiger partial charge in [-0.05, 0) is 18.6 Å². The summed E-state index contributed by atoms with van der Waals surface area (Å²) in [6, 6.07) is 6.38. The summed E-state index contributed by atoms with van der Waals surface area (Å²) in [5, 5.41) is 23.3. The van der Waals surface area contributed by atoms with Crippen LogP contribution in [0.5, 0.6) is 0 Å². The number of ether oxygens (including phenoxy) is 1. The average molecular weight is 289 g/mol. The molecular formula is C14H15N3O4. The molecule has 0 spiro atoms. The molecule has 3 N–H and O–H groups in total. The molecule has 2 amide bonds. The molecule has 0 saturated carbocycles. The molecule has 1 unspecified atom stereocenters. The van der Waals surface area contributed by atoms with Crippen LogP contribution >= 0.6 is 0 Å². The predicted octanol–water partition coefficient (Wildman–Crippen LogP) is 1.23. The number of nitrogens with zero attached hydrogens (tertiary/aromatic N) is 1. The van der Waals surface area contributed by atoms with Crippen LogP contribution in [0.25, 0.3) is 0 Å². The number of carboxylic acid groups (broad SMARTS) is 1. The van der Waals surface area contributed by atoms with Crippen LogP contribution in [-0.2, 0) is 9.53 Å².